The highest BCUT2D eigenvalue weighted by molar-refractivity contribution is 4.90. The number of nitrogens with zero attached hydrogens (tertiary/aromatic N) is 1. The van der Waals surface area contributed by atoms with E-state index >= 15 is 0 Å². The molecule has 2 aliphatic rings. The Morgan fingerprint density at radius 3 is 2.75 bits per heavy atom. The maximum Gasteiger partial charge on any atom is 0.0583 e. The van der Waals surface area contributed by atoms with Gasteiger partial charge in [-0.25, -0.2) is 0 Å². The second-order valence-corrected chi connectivity index (χ2v) is 5.93. The fourth-order valence-electron chi connectivity index (χ4n) is 3.57. The van der Waals surface area contributed by atoms with Crippen molar-refractivity contribution in [2.24, 2.45) is 23.5 Å². The molecule has 0 aliphatic heterocycles. The van der Waals surface area contributed by atoms with Gasteiger partial charge in [-0.2, -0.15) is 0 Å². The average Bonchev–Trinajstić information content (AvgIpc) is 2.87. The molecule has 3 heteroatoms. The second-order valence-electron chi connectivity index (χ2n) is 5.93. The summed E-state index contributed by atoms with van der Waals surface area (Å²) in [6, 6.07) is -0.0394. The van der Waals surface area contributed by atoms with Gasteiger partial charge in [0.1, 0.15) is 0 Å². The second kappa shape index (κ2) is 5.48. The first-order valence-electron chi connectivity index (χ1n) is 6.74. The number of fused-ring (bicyclic) bond motifs is 2. The van der Waals surface area contributed by atoms with Crippen molar-refractivity contribution < 1.29 is 5.11 Å². The van der Waals surface area contributed by atoms with Crippen molar-refractivity contribution in [3.8, 4) is 0 Å². The van der Waals surface area contributed by atoms with Crippen molar-refractivity contribution in [1.29, 1.82) is 0 Å². The molecule has 3 N–H and O–H groups in total. The molecular formula is C13H26N2O. The molecule has 0 saturated heterocycles. The van der Waals surface area contributed by atoms with Crippen molar-refractivity contribution in [2.45, 2.75) is 38.1 Å². The van der Waals surface area contributed by atoms with E-state index in [2.05, 4.69) is 11.9 Å². The van der Waals surface area contributed by atoms with E-state index in [1.54, 1.807) is 0 Å². The minimum Gasteiger partial charge on any atom is -0.395 e. The topological polar surface area (TPSA) is 49.5 Å². The molecule has 2 saturated carbocycles. The van der Waals surface area contributed by atoms with Crippen LogP contribution in [0.15, 0.2) is 0 Å². The van der Waals surface area contributed by atoms with E-state index in [0.29, 0.717) is 0 Å². The third-order valence-corrected chi connectivity index (χ3v) is 4.55. The molecule has 0 radical (unpaired) electrons. The third-order valence-electron chi connectivity index (χ3n) is 4.55. The van der Waals surface area contributed by atoms with Gasteiger partial charge in [0.15, 0.2) is 0 Å². The van der Waals surface area contributed by atoms with E-state index in [-0.39, 0.29) is 12.6 Å². The summed E-state index contributed by atoms with van der Waals surface area (Å²) in [5.74, 6) is 3.00. The van der Waals surface area contributed by atoms with Gasteiger partial charge in [-0.05, 0) is 57.0 Å². The van der Waals surface area contributed by atoms with Gasteiger partial charge in [-0.1, -0.05) is 6.42 Å². The zero-order chi connectivity index (χ0) is 11.5. The molecule has 0 aromatic heterocycles. The van der Waals surface area contributed by atoms with Gasteiger partial charge in [0.25, 0.3) is 0 Å². The number of rotatable bonds is 6. The maximum atomic E-state index is 8.87. The van der Waals surface area contributed by atoms with Crippen LogP contribution in [0.1, 0.15) is 32.1 Å². The minimum absolute atomic E-state index is 0.0394. The van der Waals surface area contributed by atoms with Crippen LogP contribution in [-0.2, 0) is 0 Å². The summed E-state index contributed by atoms with van der Waals surface area (Å²) in [5, 5.41) is 8.87. The summed E-state index contributed by atoms with van der Waals surface area (Å²) in [4.78, 5) is 2.40. The Bertz CT molecular complexity index is 222. The Morgan fingerprint density at radius 1 is 1.38 bits per heavy atom. The lowest BCUT2D eigenvalue weighted by atomic mass is 9.88. The van der Waals surface area contributed by atoms with Gasteiger partial charge in [0.05, 0.1) is 6.61 Å². The first-order valence-corrected chi connectivity index (χ1v) is 6.74. The Balaban J connectivity index is 1.65. The molecule has 4 unspecified atom stereocenters. The van der Waals surface area contributed by atoms with E-state index in [9.17, 15) is 0 Å². The molecule has 3 nitrogen and oxygen atoms in total. The van der Waals surface area contributed by atoms with Crippen LogP contribution in [0.5, 0.6) is 0 Å². The third kappa shape index (κ3) is 2.96. The molecule has 0 heterocycles. The normalized spacial score (nSPS) is 34.9. The highest BCUT2D eigenvalue weighted by atomic mass is 16.3. The van der Waals surface area contributed by atoms with E-state index < -0.39 is 0 Å². The predicted molar refractivity (Wildman–Crippen MR) is 66.1 cm³/mol. The van der Waals surface area contributed by atoms with Gasteiger partial charge in [0.2, 0.25) is 0 Å². The van der Waals surface area contributed by atoms with Crippen LogP contribution in [-0.4, -0.2) is 42.8 Å². The van der Waals surface area contributed by atoms with E-state index in [1.165, 1.54) is 32.2 Å². The Morgan fingerprint density at radius 2 is 2.19 bits per heavy atom. The van der Waals surface area contributed by atoms with Crippen molar-refractivity contribution >= 4 is 0 Å². The molecule has 94 valence electrons. The molecule has 2 aliphatic carbocycles. The molecule has 0 amide bonds. The zero-order valence-electron chi connectivity index (χ0n) is 10.4. The molecule has 4 atom stereocenters. The molecule has 2 fully saturated rings. The van der Waals surface area contributed by atoms with Gasteiger partial charge in [-0.3, -0.25) is 0 Å². The SMILES string of the molecule is CN(CCC(N)CO)CC1CC2CCC1C2. The average molecular weight is 226 g/mol. The Kier molecular flexibility index (Phi) is 4.22. The van der Waals surface area contributed by atoms with Crippen LogP contribution in [0.2, 0.25) is 0 Å². The Labute approximate surface area is 99.0 Å². The summed E-state index contributed by atoms with van der Waals surface area (Å²) in [6.07, 6.45) is 6.82. The van der Waals surface area contributed by atoms with Gasteiger partial charge in [0, 0.05) is 12.6 Å². The summed E-state index contributed by atoms with van der Waals surface area (Å²) in [7, 11) is 2.19. The van der Waals surface area contributed by atoms with E-state index in [0.717, 1.165) is 30.7 Å². The monoisotopic (exact) mass is 226 g/mol. The molecule has 2 rings (SSSR count). The number of aliphatic hydroxyl groups is 1. The smallest absolute Gasteiger partial charge is 0.0583 e. The van der Waals surface area contributed by atoms with Gasteiger partial charge >= 0.3 is 0 Å². The summed E-state index contributed by atoms with van der Waals surface area (Å²) >= 11 is 0. The lowest BCUT2D eigenvalue weighted by Gasteiger charge is -2.27. The predicted octanol–water partition coefficient (Wildman–Crippen LogP) is 1.06. The van der Waals surface area contributed by atoms with Crippen LogP contribution in [0.3, 0.4) is 0 Å². The van der Waals surface area contributed by atoms with Crippen molar-refractivity contribution in [3.05, 3.63) is 0 Å². The van der Waals surface area contributed by atoms with E-state index in [1.807, 2.05) is 0 Å². The Hall–Kier alpha value is -0.120. The van der Waals surface area contributed by atoms with Crippen molar-refractivity contribution in [3.63, 3.8) is 0 Å². The van der Waals surface area contributed by atoms with Crippen LogP contribution in [0, 0.1) is 17.8 Å². The molecule has 0 aromatic carbocycles. The molecular weight excluding hydrogens is 200 g/mol. The lowest BCUT2D eigenvalue weighted by Crippen LogP contribution is -2.34. The quantitative estimate of drug-likeness (QED) is 0.712. The molecule has 0 aromatic rings. The van der Waals surface area contributed by atoms with Gasteiger partial charge < -0.3 is 15.7 Å². The van der Waals surface area contributed by atoms with Crippen molar-refractivity contribution in [2.75, 3.05) is 26.7 Å². The number of aliphatic hydroxyl groups excluding tert-OH is 1. The number of hydrogen-bond donors (Lipinski definition) is 2. The highest BCUT2D eigenvalue weighted by Crippen LogP contribution is 2.48. The highest BCUT2D eigenvalue weighted by Gasteiger charge is 2.39. The summed E-state index contributed by atoms with van der Waals surface area (Å²) in [6.45, 7) is 2.37. The molecule has 0 spiro atoms. The zero-order valence-corrected chi connectivity index (χ0v) is 10.4. The lowest BCUT2D eigenvalue weighted by molar-refractivity contribution is 0.201. The first kappa shape index (κ1) is 12.3. The fourth-order valence-corrected chi connectivity index (χ4v) is 3.57. The summed E-state index contributed by atoms with van der Waals surface area (Å²) in [5.41, 5.74) is 5.71. The van der Waals surface area contributed by atoms with Gasteiger partial charge in [-0.15, -0.1) is 0 Å². The fraction of sp³-hybridized carbons (Fsp3) is 1.00. The van der Waals surface area contributed by atoms with Crippen LogP contribution < -0.4 is 5.73 Å². The minimum atomic E-state index is -0.0394. The van der Waals surface area contributed by atoms with Crippen LogP contribution in [0.4, 0.5) is 0 Å². The molecule has 2 bridgehead atoms. The molecule has 16 heavy (non-hydrogen) atoms. The largest absolute Gasteiger partial charge is 0.395 e. The standard InChI is InChI=1S/C13H26N2O/c1-15(5-4-13(14)9-16)8-12-7-10-2-3-11(12)6-10/h10-13,16H,2-9,14H2,1H3. The van der Waals surface area contributed by atoms with E-state index in [4.69, 9.17) is 10.8 Å². The summed E-state index contributed by atoms with van der Waals surface area (Å²) < 4.78 is 0. The number of nitrogens with two attached hydrogens (primary N) is 1. The maximum absolute atomic E-state index is 8.87. The van der Waals surface area contributed by atoms with Crippen LogP contribution in [0.25, 0.3) is 0 Å². The first-order chi connectivity index (χ1) is 7.69. The number of hydrogen-bond acceptors (Lipinski definition) is 3. The van der Waals surface area contributed by atoms with Crippen molar-refractivity contribution in [1.82, 2.24) is 4.90 Å². The van der Waals surface area contributed by atoms with Crippen LogP contribution >= 0.6 is 0 Å².